The van der Waals surface area contributed by atoms with Crippen LogP contribution in [0.1, 0.15) is 11.1 Å². The van der Waals surface area contributed by atoms with E-state index in [2.05, 4.69) is 4.99 Å². The van der Waals surface area contributed by atoms with Crippen LogP contribution in [0.2, 0.25) is 5.02 Å². The molecule has 0 aliphatic heterocycles. The zero-order valence-corrected chi connectivity index (χ0v) is 11.4. The fraction of sp³-hybridized carbons (Fsp3) is 0.0714. The van der Waals surface area contributed by atoms with Gasteiger partial charge in [0.2, 0.25) is 5.75 Å². The number of nitro benzene ring substituents is 1. The SMILES string of the molecule is O=[N+]([O-])c1cc(Cl)cc(C=NCc2ccc(F)cc2)c1O. The molecule has 0 spiro atoms. The number of aromatic hydroxyl groups is 1. The topological polar surface area (TPSA) is 75.7 Å². The van der Waals surface area contributed by atoms with E-state index in [-0.39, 0.29) is 22.9 Å². The summed E-state index contributed by atoms with van der Waals surface area (Å²) in [4.78, 5) is 14.1. The predicted molar refractivity (Wildman–Crippen MR) is 77.5 cm³/mol. The molecule has 0 heterocycles. The van der Waals surface area contributed by atoms with Crippen molar-refractivity contribution in [1.29, 1.82) is 0 Å². The molecule has 108 valence electrons. The summed E-state index contributed by atoms with van der Waals surface area (Å²) in [5, 5.41) is 20.7. The van der Waals surface area contributed by atoms with Crippen molar-refractivity contribution < 1.29 is 14.4 Å². The quantitative estimate of drug-likeness (QED) is 0.531. The number of benzene rings is 2. The molecule has 0 aliphatic carbocycles. The third-order valence-electron chi connectivity index (χ3n) is 2.70. The maximum absolute atomic E-state index is 12.7. The van der Waals surface area contributed by atoms with Crippen molar-refractivity contribution in [3.05, 3.63) is 68.5 Å². The molecule has 0 amide bonds. The number of nitro groups is 1. The van der Waals surface area contributed by atoms with Crippen LogP contribution in [-0.2, 0) is 6.54 Å². The number of aliphatic imine (C=N–C) groups is 1. The lowest BCUT2D eigenvalue weighted by Gasteiger charge is -2.01. The summed E-state index contributed by atoms with van der Waals surface area (Å²) in [6.45, 7) is 0.250. The predicted octanol–water partition coefficient (Wildman–Crippen LogP) is 3.71. The van der Waals surface area contributed by atoms with Crippen LogP contribution in [0.4, 0.5) is 10.1 Å². The highest BCUT2D eigenvalue weighted by Gasteiger charge is 2.17. The van der Waals surface area contributed by atoms with Crippen molar-refractivity contribution in [3.63, 3.8) is 0 Å². The second-order valence-electron chi connectivity index (χ2n) is 4.22. The van der Waals surface area contributed by atoms with Gasteiger partial charge in [-0.2, -0.15) is 0 Å². The molecule has 0 atom stereocenters. The third kappa shape index (κ3) is 3.76. The van der Waals surface area contributed by atoms with Crippen LogP contribution in [0, 0.1) is 15.9 Å². The van der Waals surface area contributed by atoms with Crippen molar-refractivity contribution in [2.45, 2.75) is 6.54 Å². The van der Waals surface area contributed by atoms with Gasteiger partial charge in [-0.15, -0.1) is 0 Å². The molecule has 2 aromatic rings. The van der Waals surface area contributed by atoms with Gasteiger partial charge in [0.1, 0.15) is 5.82 Å². The van der Waals surface area contributed by atoms with Gasteiger partial charge in [-0.05, 0) is 23.8 Å². The van der Waals surface area contributed by atoms with Crippen LogP contribution in [0.5, 0.6) is 5.75 Å². The maximum Gasteiger partial charge on any atom is 0.312 e. The van der Waals surface area contributed by atoms with Gasteiger partial charge in [0.05, 0.1) is 11.5 Å². The van der Waals surface area contributed by atoms with Gasteiger partial charge < -0.3 is 5.11 Å². The molecule has 2 rings (SSSR count). The first-order valence-electron chi connectivity index (χ1n) is 5.88. The average Bonchev–Trinajstić information content (AvgIpc) is 2.44. The second-order valence-corrected chi connectivity index (χ2v) is 4.65. The molecule has 1 N–H and O–H groups in total. The molecule has 7 heteroatoms. The Hall–Kier alpha value is -2.47. The zero-order chi connectivity index (χ0) is 15.4. The summed E-state index contributed by atoms with van der Waals surface area (Å²) in [6.07, 6.45) is 1.29. The van der Waals surface area contributed by atoms with E-state index in [9.17, 15) is 19.6 Å². The van der Waals surface area contributed by atoms with E-state index in [1.807, 2.05) is 0 Å². The van der Waals surface area contributed by atoms with E-state index in [0.717, 1.165) is 11.6 Å². The largest absolute Gasteiger partial charge is 0.502 e. The fourth-order valence-corrected chi connectivity index (χ4v) is 1.90. The van der Waals surface area contributed by atoms with E-state index < -0.39 is 16.4 Å². The van der Waals surface area contributed by atoms with Crippen LogP contribution >= 0.6 is 11.6 Å². The van der Waals surface area contributed by atoms with E-state index in [4.69, 9.17) is 11.6 Å². The molecule has 0 saturated carbocycles. The van der Waals surface area contributed by atoms with Gasteiger partial charge in [0, 0.05) is 22.9 Å². The van der Waals surface area contributed by atoms with Crippen molar-refractivity contribution in [2.24, 2.45) is 4.99 Å². The standard InChI is InChI=1S/C14H10ClFN2O3/c15-11-5-10(14(19)13(6-11)18(20)21)8-17-7-9-1-3-12(16)4-2-9/h1-6,8,19H,7H2. The highest BCUT2D eigenvalue weighted by atomic mass is 35.5. The summed E-state index contributed by atoms with van der Waals surface area (Å²) in [6, 6.07) is 8.21. The maximum atomic E-state index is 12.7. The number of phenols is 1. The Morgan fingerprint density at radius 2 is 2.00 bits per heavy atom. The lowest BCUT2D eigenvalue weighted by molar-refractivity contribution is -0.385. The summed E-state index contributed by atoms with van der Waals surface area (Å²) >= 11 is 5.76. The minimum Gasteiger partial charge on any atom is -0.502 e. The number of phenolic OH excluding ortho intramolecular Hbond substituents is 1. The average molecular weight is 309 g/mol. The summed E-state index contributed by atoms with van der Waals surface area (Å²) in [5.74, 6) is -0.835. The van der Waals surface area contributed by atoms with Gasteiger partial charge in [0.25, 0.3) is 0 Å². The molecule has 5 nitrogen and oxygen atoms in total. The highest BCUT2D eigenvalue weighted by molar-refractivity contribution is 6.31. The zero-order valence-electron chi connectivity index (χ0n) is 10.7. The van der Waals surface area contributed by atoms with Crippen LogP contribution in [-0.4, -0.2) is 16.2 Å². The monoisotopic (exact) mass is 308 g/mol. The Balaban J connectivity index is 2.21. The van der Waals surface area contributed by atoms with E-state index in [0.29, 0.717) is 0 Å². The Kier molecular flexibility index (Phi) is 4.49. The Morgan fingerprint density at radius 1 is 1.33 bits per heavy atom. The van der Waals surface area contributed by atoms with Crippen LogP contribution in [0.25, 0.3) is 0 Å². The number of hydrogen-bond donors (Lipinski definition) is 1. The molecule has 0 aliphatic rings. The van der Waals surface area contributed by atoms with E-state index in [1.54, 1.807) is 12.1 Å². The lowest BCUT2D eigenvalue weighted by Crippen LogP contribution is -1.93. The number of hydrogen-bond acceptors (Lipinski definition) is 4. The van der Waals surface area contributed by atoms with E-state index >= 15 is 0 Å². The molecule has 21 heavy (non-hydrogen) atoms. The van der Waals surface area contributed by atoms with Gasteiger partial charge in [-0.3, -0.25) is 15.1 Å². The first-order valence-corrected chi connectivity index (χ1v) is 6.26. The van der Waals surface area contributed by atoms with Crippen LogP contribution in [0.15, 0.2) is 41.4 Å². The Morgan fingerprint density at radius 3 is 2.62 bits per heavy atom. The molecule has 0 saturated heterocycles. The Bertz CT molecular complexity index is 702. The first kappa shape index (κ1) is 14.9. The van der Waals surface area contributed by atoms with E-state index in [1.165, 1.54) is 24.4 Å². The Labute approximate surface area is 124 Å². The van der Waals surface area contributed by atoms with Gasteiger partial charge in [0.15, 0.2) is 0 Å². The first-order chi connectivity index (χ1) is 9.97. The highest BCUT2D eigenvalue weighted by Crippen LogP contribution is 2.32. The molecule has 0 radical (unpaired) electrons. The van der Waals surface area contributed by atoms with Gasteiger partial charge >= 0.3 is 5.69 Å². The summed E-state index contributed by atoms with van der Waals surface area (Å²) in [5.41, 5.74) is 0.436. The molecule has 0 aromatic heterocycles. The molecule has 0 unspecified atom stereocenters. The molecule has 0 fully saturated rings. The lowest BCUT2D eigenvalue weighted by atomic mass is 10.2. The van der Waals surface area contributed by atoms with Crippen molar-refractivity contribution in [1.82, 2.24) is 0 Å². The van der Waals surface area contributed by atoms with Crippen molar-refractivity contribution >= 4 is 23.5 Å². The minimum absolute atomic E-state index is 0.128. The minimum atomic E-state index is -0.724. The number of halogens is 2. The van der Waals surface area contributed by atoms with Crippen molar-refractivity contribution in [2.75, 3.05) is 0 Å². The number of rotatable bonds is 4. The number of nitrogens with zero attached hydrogens (tertiary/aromatic N) is 2. The molecular formula is C14H10ClFN2O3. The van der Waals surface area contributed by atoms with Gasteiger partial charge in [-0.25, -0.2) is 4.39 Å². The third-order valence-corrected chi connectivity index (χ3v) is 2.92. The second kappa shape index (κ2) is 6.32. The smallest absolute Gasteiger partial charge is 0.312 e. The molecule has 2 aromatic carbocycles. The van der Waals surface area contributed by atoms with Gasteiger partial charge in [-0.1, -0.05) is 23.7 Å². The molecular weight excluding hydrogens is 299 g/mol. The van der Waals surface area contributed by atoms with Crippen LogP contribution < -0.4 is 0 Å². The van der Waals surface area contributed by atoms with Crippen LogP contribution in [0.3, 0.4) is 0 Å². The normalized spacial score (nSPS) is 11.0. The van der Waals surface area contributed by atoms with Crippen molar-refractivity contribution in [3.8, 4) is 5.75 Å². The fourth-order valence-electron chi connectivity index (χ4n) is 1.68. The summed E-state index contributed by atoms with van der Waals surface area (Å²) in [7, 11) is 0. The summed E-state index contributed by atoms with van der Waals surface area (Å²) < 4.78 is 12.7. The molecule has 0 bridgehead atoms.